The van der Waals surface area contributed by atoms with Crippen LogP contribution in [0.2, 0.25) is 5.02 Å². The second-order valence-corrected chi connectivity index (χ2v) is 11.1. The Morgan fingerprint density at radius 3 is 2.73 bits per heavy atom. The lowest BCUT2D eigenvalue weighted by Crippen LogP contribution is -2.41. The molecule has 2 aromatic carbocycles. The molecule has 1 unspecified atom stereocenters. The molecule has 0 amide bonds. The van der Waals surface area contributed by atoms with Gasteiger partial charge >= 0.3 is 5.69 Å². The Morgan fingerprint density at radius 2 is 1.98 bits per heavy atom. The largest absolute Gasteiger partial charge is 0.491 e. The molecule has 2 heterocycles. The van der Waals surface area contributed by atoms with E-state index in [0.717, 1.165) is 35.7 Å². The fraction of sp³-hybridized carbons (Fsp3) is 0.393. The number of ether oxygens (including phenoxy) is 3. The van der Waals surface area contributed by atoms with Gasteiger partial charge in [0.05, 0.1) is 19.8 Å². The summed E-state index contributed by atoms with van der Waals surface area (Å²) < 4.78 is 29.7. The third-order valence-corrected chi connectivity index (χ3v) is 7.87. The van der Waals surface area contributed by atoms with Gasteiger partial charge in [-0.1, -0.05) is 35.9 Å². The number of hydrogen-bond acceptors (Lipinski definition) is 9. The average Bonchev–Trinajstić information content (AvgIpc) is 3.00. The molecule has 41 heavy (non-hydrogen) atoms. The number of aldehydes is 1. The van der Waals surface area contributed by atoms with Crippen LogP contribution in [0.4, 0.5) is 11.5 Å². The van der Waals surface area contributed by atoms with Crippen molar-refractivity contribution in [1.29, 1.82) is 0 Å². The summed E-state index contributed by atoms with van der Waals surface area (Å²) in [5.74, 6) is 0.779. The molecule has 3 aromatic rings. The maximum atomic E-state index is 13.5. The molecule has 4 rings (SSSR count). The molecule has 1 N–H and O–H groups in total. The molecule has 1 aliphatic heterocycles. The van der Waals surface area contributed by atoms with E-state index in [-0.39, 0.29) is 44.2 Å². The number of carbonyl (C=O) groups is 1. The second kappa shape index (κ2) is 15.9. The van der Waals surface area contributed by atoms with Crippen LogP contribution in [-0.2, 0) is 32.7 Å². The van der Waals surface area contributed by atoms with Gasteiger partial charge in [-0.25, -0.2) is 4.79 Å². The number of benzene rings is 2. The van der Waals surface area contributed by atoms with Crippen molar-refractivity contribution in [2.45, 2.75) is 38.6 Å². The van der Waals surface area contributed by atoms with E-state index >= 15 is 0 Å². The fourth-order valence-electron chi connectivity index (χ4n) is 4.08. The fourth-order valence-corrected chi connectivity index (χ4v) is 5.47. The molecule has 0 spiro atoms. The van der Waals surface area contributed by atoms with Crippen molar-refractivity contribution in [3.63, 3.8) is 0 Å². The van der Waals surface area contributed by atoms with E-state index in [9.17, 15) is 14.4 Å². The first-order valence-electron chi connectivity index (χ1n) is 13.2. The number of aromatic nitrogens is 2. The Kier molecular flexibility index (Phi) is 12.0. The molecular formula is C28H32ClIN4O7. The molecule has 0 aliphatic carbocycles. The number of nitrogens with zero attached hydrogens (tertiary/aromatic N) is 3. The number of anilines is 1. The summed E-state index contributed by atoms with van der Waals surface area (Å²) >= 11 is 4.78. The molecule has 1 saturated heterocycles. The van der Waals surface area contributed by atoms with E-state index in [2.05, 4.69) is 8.46 Å². The monoisotopic (exact) mass is 698 g/mol. The van der Waals surface area contributed by atoms with Crippen LogP contribution in [0.5, 0.6) is 5.75 Å². The van der Waals surface area contributed by atoms with E-state index < -0.39 is 32.7 Å². The predicted octanol–water partition coefficient (Wildman–Crippen LogP) is 4.96. The quantitative estimate of drug-likeness (QED) is 0.142. The first-order valence-corrected chi connectivity index (χ1v) is 15.4. The Balaban J connectivity index is 1.46. The highest BCUT2D eigenvalue weighted by atomic mass is 127. The number of rotatable bonds is 14. The van der Waals surface area contributed by atoms with Gasteiger partial charge < -0.3 is 22.6 Å². The summed E-state index contributed by atoms with van der Waals surface area (Å²) in [6.07, 6.45) is 3.25. The van der Waals surface area contributed by atoms with Gasteiger partial charge in [0.1, 0.15) is 24.3 Å². The van der Waals surface area contributed by atoms with Crippen molar-refractivity contribution in [2.75, 3.05) is 31.7 Å². The van der Waals surface area contributed by atoms with Crippen LogP contribution < -0.4 is 21.3 Å². The molecule has 1 aromatic heterocycles. The molecule has 13 heteroatoms. The Bertz CT molecular complexity index is 1450. The van der Waals surface area contributed by atoms with Gasteiger partial charge in [0.2, 0.25) is 0 Å². The number of hydrogen-bond donors (Lipinski definition) is 1. The zero-order valence-electron chi connectivity index (χ0n) is 22.6. The second-order valence-electron chi connectivity index (χ2n) is 9.15. The van der Waals surface area contributed by atoms with Crippen LogP contribution in [0, 0.1) is 0 Å². The normalized spacial score (nSPS) is 15.4. The molecule has 1 aliphatic rings. The number of nitrogens with one attached hydrogen (secondary N) is 1. The molecule has 220 valence electrons. The van der Waals surface area contributed by atoms with Gasteiger partial charge in [0.15, 0.2) is 33.6 Å². The third-order valence-electron chi connectivity index (χ3n) is 6.24. The van der Waals surface area contributed by atoms with Crippen LogP contribution in [-0.4, -0.2) is 48.1 Å². The van der Waals surface area contributed by atoms with Crippen molar-refractivity contribution in [2.24, 2.45) is 10.2 Å². The van der Waals surface area contributed by atoms with Gasteiger partial charge in [0.25, 0.3) is 5.56 Å². The van der Waals surface area contributed by atoms with Crippen LogP contribution in [0.15, 0.2) is 61.3 Å². The highest BCUT2D eigenvalue weighted by Gasteiger charge is 2.19. The SMILES string of the molecule is Cn1c(N=IOCCOc2cccc(C=O)c2)c(NCc2ccc(Cl)cc2)c(=O)n(CCOC2CCCCO2)c1=O. The predicted molar refractivity (Wildman–Crippen MR) is 164 cm³/mol. The van der Waals surface area contributed by atoms with Crippen molar-refractivity contribution in [3.05, 3.63) is 85.5 Å². The van der Waals surface area contributed by atoms with Crippen LogP contribution in [0.3, 0.4) is 0 Å². The van der Waals surface area contributed by atoms with Gasteiger partial charge in [-0.3, -0.25) is 18.7 Å². The third kappa shape index (κ3) is 9.04. The minimum absolute atomic E-state index is 0.0788. The van der Waals surface area contributed by atoms with E-state index in [1.807, 2.05) is 12.1 Å². The number of carbonyl (C=O) groups excluding carboxylic acids is 1. The topological polar surface area (TPSA) is 122 Å². The lowest BCUT2D eigenvalue weighted by Gasteiger charge is -2.23. The van der Waals surface area contributed by atoms with Crippen molar-refractivity contribution >= 4 is 50.8 Å². The summed E-state index contributed by atoms with van der Waals surface area (Å²) in [5, 5.41) is 3.77. The van der Waals surface area contributed by atoms with Crippen LogP contribution >= 0.6 is 33.0 Å². The molecule has 11 nitrogen and oxygen atoms in total. The minimum atomic E-state index is -1.22. The minimum Gasteiger partial charge on any atom is -0.491 e. The first-order chi connectivity index (χ1) is 20.0. The van der Waals surface area contributed by atoms with E-state index in [1.54, 1.807) is 43.4 Å². The standard InChI is InChI=1S/C28H32ClIN4O7/c1-33-26(32-30-41-16-15-38-23-6-4-5-21(17-23)19-35)25(31-18-20-8-10-22(29)11-9-20)27(36)34(28(33)37)12-14-40-24-7-2-3-13-39-24/h4-6,8-11,17,19,24,31H,2-3,7,12-16,18H2,1H3. The highest BCUT2D eigenvalue weighted by Crippen LogP contribution is 2.25. The zero-order valence-corrected chi connectivity index (χ0v) is 25.5. The summed E-state index contributed by atoms with van der Waals surface area (Å²) in [4.78, 5) is 37.6. The Labute approximate surface area is 253 Å². The zero-order chi connectivity index (χ0) is 29.0. The van der Waals surface area contributed by atoms with E-state index in [4.69, 9.17) is 28.9 Å². The molecule has 0 saturated carbocycles. The average molecular weight is 699 g/mol. The van der Waals surface area contributed by atoms with Crippen LogP contribution in [0.1, 0.15) is 35.2 Å². The summed E-state index contributed by atoms with van der Waals surface area (Å²) in [6.45, 7) is 1.72. The Morgan fingerprint density at radius 1 is 1.15 bits per heavy atom. The lowest BCUT2D eigenvalue weighted by atomic mass is 10.2. The molecule has 0 bridgehead atoms. The molecule has 1 atom stereocenters. The van der Waals surface area contributed by atoms with Crippen LogP contribution in [0.25, 0.3) is 0 Å². The van der Waals surface area contributed by atoms with Crippen molar-refractivity contribution in [1.82, 2.24) is 9.13 Å². The smallest absolute Gasteiger partial charge is 0.332 e. The maximum Gasteiger partial charge on any atom is 0.332 e. The summed E-state index contributed by atoms with van der Waals surface area (Å²) in [5.41, 5.74) is 0.632. The molecular weight excluding hydrogens is 667 g/mol. The van der Waals surface area contributed by atoms with E-state index in [0.29, 0.717) is 29.5 Å². The van der Waals surface area contributed by atoms with Crippen molar-refractivity contribution < 1.29 is 22.1 Å². The highest BCUT2D eigenvalue weighted by molar-refractivity contribution is 14.1. The lowest BCUT2D eigenvalue weighted by molar-refractivity contribution is -0.163. The van der Waals surface area contributed by atoms with Crippen molar-refractivity contribution in [3.8, 4) is 5.75 Å². The summed E-state index contributed by atoms with van der Waals surface area (Å²) in [6, 6.07) is 14.1. The van der Waals surface area contributed by atoms with Gasteiger partial charge in [0, 0.05) is 30.8 Å². The van der Waals surface area contributed by atoms with Gasteiger partial charge in [-0.05, 0) is 49.1 Å². The Hall–Kier alpha value is -2.91. The summed E-state index contributed by atoms with van der Waals surface area (Å²) in [7, 11) is 1.57. The molecule has 0 radical (unpaired) electrons. The van der Waals surface area contributed by atoms with Gasteiger partial charge in [-0.15, -0.1) is 0 Å². The van der Waals surface area contributed by atoms with E-state index in [1.165, 1.54) is 4.57 Å². The van der Waals surface area contributed by atoms with Gasteiger partial charge in [-0.2, -0.15) is 3.15 Å². The molecule has 1 fully saturated rings. The number of halogens is 2. The first kappa shape index (κ1) is 31.0. The maximum absolute atomic E-state index is 13.5.